The van der Waals surface area contributed by atoms with E-state index in [-0.39, 0.29) is 10.9 Å². The normalized spacial score (nSPS) is 19.1. The summed E-state index contributed by atoms with van der Waals surface area (Å²) >= 11 is 1.62. The van der Waals surface area contributed by atoms with Crippen LogP contribution in [0.4, 0.5) is 8.78 Å². The number of hydrogen-bond donors (Lipinski definition) is 0. The molecular formula is C15H15F2NO2S2. The fraction of sp³-hybridized carbons (Fsp3) is 0.333. The lowest BCUT2D eigenvalue weighted by Crippen LogP contribution is -2.39. The van der Waals surface area contributed by atoms with Gasteiger partial charge in [-0.05, 0) is 42.0 Å². The molecule has 3 nitrogen and oxygen atoms in total. The summed E-state index contributed by atoms with van der Waals surface area (Å²) in [5, 5.41) is 1.95. The maximum atomic E-state index is 13.4. The quantitative estimate of drug-likeness (QED) is 0.852. The predicted molar refractivity (Wildman–Crippen MR) is 81.3 cm³/mol. The van der Waals surface area contributed by atoms with Gasteiger partial charge in [0.15, 0.2) is 0 Å². The second kappa shape index (κ2) is 5.72. The summed E-state index contributed by atoms with van der Waals surface area (Å²) in [7, 11) is -3.93. The Morgan fingerprint density at radius 3 is 2.59 bits per heavy atom. The zero-order valence-corrected chi connectivity index (χ0v) is 13.6. The van der Waals surface area contributed by atoms with Crippen LogP contribution in [0.5, 0.6) is 0 Å². The molecule has 1 aromatic carbocycles. The van der Waals surface area contributed by atoms with E-state index in [0.717, 1.165) is 17.7 Å². The average molecular weight is 343 g/mol. The standard InChI is InChI=1S/C15H15F2NO2S2/c1-2-14-13-4-6-21-15(13)3-5-18(14)22(19,20)12-8-10(16)7-11(17)9-12/h4,6-9,14H,2-3,5H2,1H3/t14-/m0/s1. The molecule has 0 amide bonds. The number of hydrogen-bond acceptors (Lipinski definition) is 3. The van der Waals surface area contributed by atoms with Gasteiger partial charge in [-0.1, -0.05) is 6.92 Å². The van der Waals surface area contributed by atoms with Crippen molar-refractivity contribution in [2.24, 2.45) is 0 Å². The molecule has 0 radical (unpaired) electrons. The number of fused-ring (bicyclic) bond motifs is 1. The van der Waals surface area contributed by atoms with Gasteiger partial charge in [0.2, 0.25) is 10.0 Å². The Balaban J connectivity index is 2.05. The Morgan fingerprint density at radius 1 is 1.27 bits per heavy atom. The van der Waals surface area contributed by atoms with Crippen LogP contribution in [0, 0.1) is 11.6 Å². The van der Waals surface area contributed by atoms with Crippen LogP contribution in [0.25, 0.3) is 0 Å². The molecular weight excluding hydrogens is 328 g/mol. The van der Waals surface area contributed by atoms with Crippen LogP contribution in [-0.4, -0.2) is 19.3 Å². The van der Waals surface area contributed by atoms with Crippen molar-refractivity contribution >= 4 is 21.4 Å². The zero-order chi connectivity index (χ0) is 15.9. The van der Waals surface area contributed by atoms with Gasteiger partial charge < -0.3 is 0 Å². The lowest BCUT2D eigenvalue weighted by molar-refractivity contribution is 0.303. The summed E-state index contributed by atoms with van der Waals surface area (Å²) in [5.41, 5.74) is 0.999. The Kier molecular flexibility index (Phi) is 4.05. The van der Waals surface area contributed by atoms with E-state index in [9.17, 15) is 17.2 Å². The molecule has 0 saturated carbocycles. The number of benzene rings is 1. The molecule has 7 heteroatoms. The van der Waals surface area contributed by atoms with E-state index in [2.05, 4.69) is 0 Å². The van der Waals surface area contributed by atoms with Gasteiger partial charge >= 0.3 is 0 Å². The van der Waals surface area contributed by atoms with Crippen LogP contribution in [0.3, 0.4) is 0 Å². The van der Waals surface area contributed by atoms with Gasteiger partial charge in [-0.25, -0.2) is 17.2 Å². The predicted octanol–water partition coefficient (Wildman–Crippen LogP) is 3.72. The molecule has 0 fully saturated rings. The molecule has 2 aromatic rings. The zero-order valence-electron chi connectivity index (χ0n) is 11.9. The fourth-order valence-electron chi connectivity index (χ4n) is 2.90. The van der Waals surface area contributed by atoms with E-state index in [1.807, 2.05) is 18.4 Å². The van der Waals surface area contributed by atoms with Crippen molar-refractivity contribution in [1.29, 1.82) is 0 Å². The Morgan fingerprint density at radius 2 is 1.95 bits per heavy atom. The monoisotopic (exact) mass is 343 g/mol. The molecule has 0 N–H and O–H groups in total. The van der Waals surface area contributed by atoms with Crippen LogP contribution in [-0.2, 0) is 16.4 Å². The van der Waals surface area contributed by atoms with Crippen molar-refractivity contribution in [1.82, 2.24) is 4.31 Å². The lowest BCUT2D eigenvalue weighted by atomic mass is 10.0. The summed E-state index contributed by atoms with van der Waals surface area (Å²) < 4.78 is 53.7. The Labute approximate surface area is 132 Å². The molecule has 1 aliphatic rings. The third-order valence-corrected chi connectivity index (χ3v) is 6.76. The highest BCUT2D eigenvalue weighted by molar-refractivity contribution is 7.89. The number of halogens is 2. The Hall–Kier alpha value is -1.31. The highest BCUT2D eigenvalue weighted by atomic mass is 32.2. The van der Waals surface area contributed by atoms with Gasteiger partial charge in [0.05, 0.1) is 10.9 Å². The first kappa shape index (κ1) is 15.6. The van der Waals surface area contributed by atoms with Crippen molar-refractivity contribution in [3.05, 3.63) is 51.7 Å². The molecule has 118 valence electrons. The van der Waals surface area contributed by atoms with E-state index < -0.39 is 21.7 Å². The van der Waals surface area contributed by atoms with E-state index in [4.69, 9.17) is 0 Å². The lowest BCUT2D eigenvalue weighted by Gasteiger charge is -2.34. The van der Waals surface area contributed by atoms with E-state index >= 15 is 0 Å². The fourth-order valence-corrected chi connectivity index (χ4v) is 5.55. The molecule has 0 unspecified atom stereocenters. The van der Waals surface area contributed by atoms with Crippen molar-refractivity contribution in [2.45, 2.75) is 30.7 Å². The maximum Gasteiger partial charge on any atom is 0.243 e. The summed E-state index contributed by atoms with van der Waals surface area (Å²) in [4.78, 5) is 0.853. The summed E-state index contributed by atoms with van der Waals surface area (Å²) in [5.74, 6) is -1.78. The third-order valence-electron chi connectivity index (χ3n) is 3.88. The molecule has 2 heterocycles. The molecule has 1 aromatic heterocycles. The van der Waals surface area contributed by atoms with Crippen molar-refractivity contribution < 1.29 is 17.2 Å². The van der Waals surface area contributed by atoms with Crippen LogP contribution < -0.4 is 0 Å². The van der Waals surface area contributed by atoms with Crippen molar-refractivity contribution in [3.63, 3.8) is 0 Å². The number of rotatable bonds is 3. The first-order valence-electron chi connectivity index (χ1n) is 6.97. The summed E-state index contributed by atoms with van der Waals surface area (Å²) in [6.07, 6.45) is 1.24. The Bertz CT molecular complexity index is 781. The molecule has 0 spiro atoms. The van der Waals surface area contributed by atoms with Gasteiger partial charge in [-0.15, -0.1) is 11.3 Å². The van der Waals surface area contributed by atoms with E-state index in [1.54, 1.807) is 11.3 Å². The smallest absolute Gasteiger partial charge is 0.207 e. The molecule has 3 rings (SSSR count). The SMILES string of the molecule is CC[C@H]1c2ccsc2CCN1S(=O)(=O)c1cc(F)cc(F)c1. The van der Waals surface area contributed by atoms with Gasteiger partial charge in [0, 0.05) is 17.5 Å². The maximum absolute atomic E-state index is 13.4. The molecule has 1 aliphatic heterocycles. The average Bonchev–Trinajstić information content (AvgIpc) is 2.93. The van der Waals surface area contributed by atoms with Crippen molar-refractivity contribution in [3.8, 4) is 0 Å². The second-order valence-corrected chi connectivity index (χ2v) is 8.09. The number of sulfonamides is 1. The molecule has 0 aliphatic carbocycles. The van der Waals surface area contributed by atoms with Gasteiger partial charge in [0.1, 0.15) is 11.6 Å². The molecule has 22 heavy (non-hydrogen) atoms. The molecule has 1 atom stereocenters. The number of nitrogens with zero attached hydrogens (tertiary/aromatic N) is 1. The molecule has 0 saturated heterocycles. The third kappa shape index (κ3) is 2.57. The first-order chi connectivity index (χ1) is 10.4. The van der Waals surface area contributed by atoms with Crippen molar-refractivity contribution in [2.75, 3.05) is 6.54 Å². The topological polar surface area (TPSA) is 37.4 Å². The van der Waals surface area contributed by atoms with Gasteiger partial charge in [-0.3, -0.25) is 0 Å². The highest BCUT2D eigenvalue weighted by Gasteiger charge is 2.36. The minimum Gasteiger partial charge on any atom is -0.207 e. The van der Waals surface area contributed by atoms with Crippen LogP contribution in [0.2, 0.25) is 0 Å². The van der Waals surface area contributed by atoms with E-state index in [0.29, 0.717) is 25.5 Å². The van der Waals surface area contributed by atoms with E-state index in [1.165, 1.54) is 9.18 Å². The van der Waals surface area contributed by atoms with Crippen LogP contribution >= 0.6 is 11.3 Å². The van der Waals surface area contributed by atoms with Crippen LogP contribution in [0.15, 0.2) is 34.5 Å². The minimum absolute atomic E-state index is 0.286. The van der Waals surface area contributed by atoms with Gasteiger partial charge in [0.25, 0.3) is 0 Å². The first-order valence-corrected chi connectivity index (χ1v) is 9.29. The van der Waals surface area contributed by atoms with Crippen LogP contribution in [0.1, 0.15) is 29.8 Å². The number of thiophene rings is 1. The summed E-state index contributed by atoms with van der Waals surface area (Å²) in [6.45, 7) is 2.23. The largest absolute Gasteiger partial charge is 0.243 e. The van der Waals surface area contributed by atoms with Gasteiger partial charge in [-0.2, -0.15) is 4.31 Å². The molecule has 0 bridgehead atoms. The highest BCUT2D eigenvalue weighted by Crippen LogP contribution is 2.38. The second-order valence-electron chi connectivity index (χ2n) is 5.19. The minimum atomic E-state index is -3.93. The summed E-state index contributed by atoms with van der Waals surface area (Å²) in [6, 6.07) is 4.06.